The van der Waals surface area contributed by atoms with Gasteiger partial charge in [0, 0.05) is 32.0 Å². The molecule has 2 aromatic carbocycles. The van der Waals surface area contributed by atoms with Gasteiger partial charge in [0.2, 0.25) is 5.91 Å². The van der Waals surface area contributed by atoms with E-state index in [4.69, 9.17) is 0 Å². The molecule has 5 heteroatoms. The molecule has 1 N–H and O–H groups in total. The summed E-state index contributed by atoms with van der Waals surface area (Å²) in [6.45, 7) is 1.93. The Labute approximate surface area is 164 Å². The van der Waals surface area contributed by atoms with Gasteiger partial charge in [-0.05, 0) is 46.9 Å². The topological polar surface area (TPSA) is 45.2 Å². The molecule has 1 atom stereocenters. The first-order chi connectivity index (χ1) is 13.7. The van der Waals surface area contributed by atoms with Gasteiger partial charge >= 0.3 is 0 Å². The molecule has 28 heavy (non-hydrogen) atoms. The van der Waals surface area contributed by atoms with Crippen molar-refractivity contribution >= 4 is 5.91 Å². The lowest BCUT2D eigenvalue weighted by Gasteiger charge is -2.35. The second-order valence-electron chi connectivity index (χ2n) is 7.05. The number of hydrogen-bond donors (Lipinski definition) is 1. The number of nitrogens with zero attached hydrogens (tertiary/aromatic N) is 2. The Bertz CT molecular complexity index is 944. The third-order valence-corrected chi connectivity index (χ3v) is 5.09. The average molecular weight is 375 g/mol. The molecule has 1 fully saturated rings. The predicted molar refractivity (Wildman–Crippen MR) is 107 cm³/mol. The van der Waals surface area contributed by atoms with E-state index in [-0.39, 0.29) is 17.8 Å². The molecular weight excluding hydrogens is 353 g/mol. The van der Waals surface area contributed by atoms with Crippen LogP contribution in [-0.4, -0.2) is 34.9 Å². The molecule has 1 saturated heterocycles. The lowest BCUT2D eigenvalue weighted by atomic mass is 9.99. The number of nitrogens with one attached hydrogen (secondary N) is 1. The average Bonchev–Trinajstić information content (AvgIpc) is 2.72. The predicted octanol–water partition coefficient (Wildman–Crippen LogP) is 3.43. The molecule has 4 rings (SSSR count). The van der Waals surface area contributed by atoms with Gasteiger partial charge in [0.05, 0.1) is 6.04 Å². The van der Waals surface area contributed by atoms with Crippen molar-refractivity contribution in [1.82, 2.24) is 15.2 Å². The molecule has 1 aliphatic rings. The van der Waals surface area contributed by atoms with Crippen LogP contribution in [-0.2, 0) is 17.8 Å². The molecular formula is C23H22FN3O. The van der Waals surface area contributed by atoms with Crippen LogP contribution in [0.15, 0.2) is 73.1 Å². The van der Waals surface area contributed by atoms with Crippen LogP contribution in [0.1, 0.15) is 11.1 Å². The van der Waals surface area contributed by atoms with Gasteiger partial charge in [-0.3, -0.25) is 14.7 Å². The van der Waals surface area contributed by atoms with Crippen LogP contribution in [0, 0.1) is 5.82 Å². The fraction of sp³-hybridized carbons (Fsp3) is 0.217. The van der Waals surface area contributed by atoms with Crippen molar-refractivity contribution in [2.75, 3.05) is 13.1 Å². The molecule has 0 radical (unpaired) electrons. The minimum atomic E-state index is -0.263. The lowest BCUT2D eigenvalue weighted by Crippen LogP contribution is -2.55. The summed E-state index contributed by atoms with van der Waals surface area (Å²) in [4.78, 5) is 18.8. The van der Waals surface area contributed by atoms with E-state index >= 15 is 0 Å². The minimum Gasteiger partial charge on any atom is -0.353 e. The van der Waals surface area contributed by atoms with E-state index in [9.17, 15) is 9.18 Å². The van der Waals surface area contributed by atoms with Crippen molar-refractivity contribution in [3.05, 3.63) is 90.0 Å². The second kappa shape index (κ2) is 8.31. The number of rotatable bonds is 5. The number of carbonyl (C=O) groups is 1. The summed E-state index contributed by atoms with van der Waals surface area (Å²) in [5.41, 5.74) is 4.14. The number of amides is 1. The zero-order valence-electron chi connectivity index (χ0n) is 15.5. The van der Waals surface area contributed by atoms with Gasteiger partial charge < -0.3 is 5.32 Å². The molecule has 2 heterocycles. The maximum absolute atomic E-state index is 13.5. The Morgan fingerprint density at radius 3 is 2.64 bits per heavy atom. The molecule has 0 bridgehead atoms. The van der Waals surface area contributed by atoms with Crippen molar-refractivity contribution in [2.24, 2.45) is 0 Å². The Hall–Kier alpha value is -3.05. The van der Waals surface area contributed by atoms with Gasteiger partial charge in [0.15, 0.2) is 0 Å². The minimum absolute atomic E-state index is 0.0268. The zero-order chi connectivity index (χ0) is 19.3. The SMILES string of the molecule is O=C1NCCN(Cc2cccc(F)c2)[C@@H]1Cc1ccc(-c2cccnc2)cc1. The Kier molecular flexibility index (Phi) is 5.44. The molecule has 4 nitrogen and oxygen atoms in total. The van der Waals surface area contributed by atoms with E-state index < -0.39 is 0 Å². The summed E-state index contributed by atoms with van der Waals surface area (Å²) in [6.07, 6.45) is 4.21. The zero-order valence-corrected chi connectivity index (χ0v) is 15.5. The number of carbonyl (C=O) groups excluding carboxylic acids is 1. The highest BCUT2D eigenvalue weighted by atomic mass is 19.1. The molecule has 0 saturated carbocycles. The van der Waals surface area contributed by atoms with Crippen molar-refractivity contribution in [3.63, 3.8) is 0 Å². The maximum atomic E-state index is 13.5. The highest BCUT2D eigenvalue weighted by Gasteiger charge is 2.29. The summed E-state index contributed by atoms with van der Waals surface area (Å²) in [7, 11) is 0. The summed E-state index contributed by atoms with van der Waals surface area (Å²) >= 11 is 0. The molecule has 0 unspecified atom stereocenters. The van der Waals surface area contributed by atoms with Gasteiger partial charge in [-0.2, -0.15) is 0 Å². The van der Waals surface area contributed by atoms with Gasteiger partial charge in [-0.15, -0.1) is 0 Å². The first-order valence-corrected chi connectivity index (χ1v) is 9.44. The third kappa shape index (κ3) is 4.26. The molecule has 0 aliphatic carbocycles. The molecule has 1 aliphatic heterocycles. The van der Waals surface area contributed by atoms with E-state index in [1.165, 1.54) is 12.1 Å². The smallest absolute Gasteiger partial charge is 0.237 e. The normalized spacial score (nSPS) is 17.3. The Balaban J connectivity index is 1.50. The highest BCUT2D eigenvalue weighted by Crippen LogP contribution is 2.21. The highest BCUT2D eigenvalue weighted by molar-refractivity contribution is 5.82. The Morgan fingerprint density at radius 1 is 1.04 bits per heavy atom. The van der Waals surface area contributed by atoms with Crippen LogP contribution in [0.3, 0.4) is 0 Å². The monoisotopic (exact) mass is 375 g/mol. The third-order valence-electron chi connectivity index (χ3n) is 5.09. The largest absolute Gasteiger partial charge is 0.353 e. The van der Waals surface area contributed by atoms with Gasteiger partial charge in [-0.1, -0.05) is 42.5 Å². The fourth-order valence-electron chi connectivity index (χ4n) is 3.63. The van der Waals surface area contributed by atoms with Crippen molar-refractivity contribution < 1.29 is 9.18 Å². The number of piperazine rings is 1. The van der Waals surface area contributed by atoms with Crippen LogP contribution in [0.4, 0.5) is 4.39 Å². The van der Waals surface area contributed by atoms with E-state index in [2.05, 4.69) is 39.5 Å². The van der Waals surface area contributed by atoms with E-state index in [1.54, 1.807) is 12.3 Å². The summed E-state index contributed by atoms with van der Waals surface area (Å²) in [6, 6.07) is 18.5. The van der Waals surface area contributed by atoms with Crippen LogP contribution in [0.2, 0.25) is 0 Å². The van der Waals surface area contributed by atoms with Crippen LogP contribution < -0.4 is 5.32 Å². The Morgan fingerprint density at radius 2 is 1.89 bits per heavy atom. The summed E-state index contributed by atoms with van der Waals surface area (Å²) in [5, 5.41) is 2.95. The number of benzene rings is 2. The van der Waals surface area contributed by atoms with Gasteiger partial charge in [0.1, 0.15) is 5.82 Å². The van der Waals surface area contributed by atoms with E-state index in [0.29, 0.717) is 19.5 Å². The molecule has 3 aromatic rings. The first kappa shape index (κ1) is 18.3. The number of halogens is 1. The second-order valence-corrected chi connectivity index (χ2v) is 7.05. The fourth-order valence-corrected chi connectivity index (χ4v) is 3.63. The maximum Gasteiger partial charge on any atom is 0.237 e. The number of aromatic nitrogens is 1. The molecule has 1 aromatic heterocycles. The molecule has 142 valence electrons. The van der Waals surface area contributed by atoms with Crippen LogP contribution in [0.5, 0.6) is 0 Å². The first-order valence-electron chi connectivity index (χ1n) is 9.44. The standard InChI is InChI=1S/C23H22FN3O/c24-21-5-1-3-18(13-21)16-27-12-11-26-23(28)22(27)14-17-6-8-19(9-7-17)20-4-2-10-25-15-20/h1-10,13,15,22H,11-12,14,16H2,(H,26,28)/t22-/m1/s1. The van der Waals surface area contributed by atoms with Crippen LogP contribution >= 0.6 is 0 Å². The van der Waals surface area contributed by atoms with E-state index in [0.717, 1.165) is 28.8 Å². The summed E-state index contributed by atoms with van der Waals surface area (Å²) < 4.78 is 13.5. The van der Waals surface area contributed by atoms with E-state index in [1.807, 2.05) is 24.4 Å². The summed E-state index contributed by atoms with van der Waals surface area (Å²) in [5.74, 6) is -0.222. The van der Waals surface area contributed by atoms with Crippen molar-refractivity contribution in [1.29, 1.82) is 0 Å². The van der Waals surface area contributed by atoms with Gasteiger partial charge in [0.25, 0.3) is 0 Å². The lowest BCUT2D eigenvalue weighted by molar-refractivity contribution is -0.129. The van der Waals surface area contributed by atoms with Crippen LogP contribution in [0.25, 0.3) is 11.1 Å². The van der Waals surface area contributed by atoms with Crippen molar-refractivity contribution in [3.8, 4) is 11.1 Å². The van der Waals surface area contributed by atoms with Crippen molar-refractivity contribution in [2.45, 2.75) is 19.0 Å². The van der Waals surface area contributed by atoms with Gasteiger partial charge in [-0.25, -0.2) is 4.39 Å². The quantitative estimate of drug-likeness (QED) is 0.743. The number of pyridine rings is 1. The molecule has 1 amide bonds. The number of hydrogen-bond acceptors (Lipinski definition) is 3. The molecule has 0 spiro atoms.